The van der Waals surface area contributed by atoms with Crippen molar-refractivity contribution in [1.29, 1.82) is 0 Å². The molecule has 10 unspecified atom stereocenters. The van der Waals surface area contributed by atoms with Gasteiger partial charge in [0, 0.05) is 53.0 Å². The lowest BCUT2D eigenvalue weighted by atomic mass is 9.69. The van der Waals surface area contributed by atoms with E-state index in [0.29, 0.717) is 73.2 Å². The summed E-state index contributed by atoms with van der Waals surface area (Å²) in [6.07, 6.45) is 18.4. The van der Waals surface area contributed by atoms with E-state index in [9.17, 15) is 35.4 Å². The molecule has 4 aromatic rings. The number of phenolic OH excluding ortho intramolecular Hbond substituents is 2. The fourth-order valence-electron chi connectivity index (χ4n) is 12.8. The smallest absolute Gasteiger partial charge is 0.309 e. The van der Waals surface area contributed by atoms with Crippen LogP contribution in [-0.2, 0) is 24.1 Å². The Labute approximate surface area is 411 Å². The Hall–Kier alpha value is -4.64. The average molecular weight is 946 g/mol. The minimum Gasteiger partial charge on any atom is -0.508 e. The lowest BCUT2D eigenvalue weighted by molar-refractivity contribution is -0.150. The molecule has 0 amide bonds. The van der Waals surface area contributed by atoms with E-state index >= 15 is 0 Å². The molecule has 2 heterocycles. The number of nitrogens with one attached hydrogen (secondary N) is 1. The second kappa shape index (κ2) is 23.5. The average Bonchev–Trinajstić information content (AvgIpc) is 3.90. The molecule has 7 rings (SSSR count). The van der Waals surface area contributed by atoms with Crippen LogP contribution in [0.15, 0.2) is 72.9 Å². The third-order valence-corrected chi connectivity index (χ3v) is 16.4. The monoisotopic (exact) mass is 946 g/mol. The lowest BCUT2D eigenvalue weighted by Gasteiger charge is -2.39. The molecule has 0 radical (unpaired) electrons. The number of rotatable bonds is 19. The van der Waals surface area contributed by atoms with Gasteiger partial charge in [0.25, 0.3) is 0 Å². The number of aliphatic hydroxyl groups excluding tert-OH is 2. The zero-order valence-electron chi connectivity index (χ0n) is 42.1. The van der Waals surface area contributed by atoms with Crippen molar-refractivity contribution in [3.63, 3.8) is 0 Å². The number of nitrogens with zero attached hydrogens (tertiary/aromatic N) is 1. The quantitative estimate of drug-likeness (QED) is 0.0334. The number of hydrogen-bond acceptors (Lipinski definition) is 8. The van der Waals surface area contributed by atoms with E-state index in [-0.39, 0.29) is 60.0 Å². The Morgan fingerprint density at radius 1 is 0.870 bits per heavy atom. The second-order valence-corrected chi connectivity index (χ2v) is 22.4. The zero-order chi connectivity index (χ0) is 49.4. The van der Waals surface area contributed by atoms with Crippen molar-refractivity contribution in [1.82, 2.24) is 9.97 Å². The Kier molecular flexibility index (Phi) is 17.8. The summed E-state index contributed by atoms with van der Waals surface area (Å²) in [4.78, 5) is 21.1. The summed E-state index contributed by atoms with van der Waals surface area (Å²) in [7, 11) is 0. The number of aromatic hydroxyl groups is 2. The number of anilines is 1. The fraction of sp³-hybridized carbons (Fsp3) is 0.593. The third-order valence-electron chi connectivity index (χ3n) is 16.4. The Morgan fingerprint density at radius 3 is 2.38 bits per heavy atom. The lowest BCUT2D eigenvalue weighted by Crippen LogP contribution is -2.42. The van der Waals surface area contributed by atoms with E-state index in [0.717, 1.165) is 67.5 Å². The predicted molar refractivity (Wildman–Crippen MR) is 276 cm³/mol. The molecule has 0 spiro atoms. The molecule has 10 nitrogen and oxygen atoms in total. The maximum Gasteiger partial charge on any atom is 0.309 e. The van der Waals surface area contributed by atoms with Gasteiger partial charge >= 0.3 is 5.97 Å². The number of nitrogens with two attached hydrogens (primary N) is 1. The summed E-state index contributed by atoms with van der Waals surface area (Å²) in [5, 5.41) is 69.1. The Bertz CT molecular complexity index is 2340. The third kappa shape index (κ3) is 13.2. The second-order valence-electron chi connectivity index (χ2n) is 22.4. The van der Waals surface area contributed by atoms with E-state index in [2.05, 4.69) is 81.0 Å². The number of carbonyl (C=O) groups is 1. The van der Waals surface area contributed by atoms with Crippen LogP contribution in [0.25, 0.3) is 11.3 Å². The number of aliphatic hydroxyl groups is 3. The number of aromatic amines is 1. The fourth-order valence-corrected chi connectivity index (χ4v) is 12.8. The first kappa shape index (κ1) is 52.2. The zero-order valence-corrected chi connectivity index (χ0v) is 42.1. The maximum atomic E-state index is 13.2. The highest BCUT2D eigenvalue weighted by Gasteiger charge is 2.51. The molecular weight excluding hydrogens is 863 g/mol. The molecule has 2 aromatic heterocycles. The molecule has 3 aliphatic carbocycles. The number of carboxylic acid groups (broad SMARTS) is 1. The van der Waals surface area contributed by atoms with Crippen molar-refractivity contribution in [3.05, 3.63) is 106 Å². The molecule has 10 atom stereocenters. The molecule has 9 N–H and O–H groups in total. The van der Waals surface area contributed by atoms with Crippen molar-refractivity contribution in [2.45, 2.75) is 180 Å². The number of fused-ring (bicyclic) bond motifs is 1. The number of H-pyrrole nitrogens is 1. The van der Waals surface area contributed by atoms with Gasteiger partial charge in [-0.3, -0.25) is 4.79 Å². The van der Waals surface area contributed by atoms with Crippen LogP contribution < -0.4 is 5.73 Å². The number of pyridine rings is 1. The molecule has 0 bridgehead atoms. The van der Waals surface area contributed by atoms with Crippen molar-refractivity contribution >= 4 is 11.8 Å². The number of hydrogen-bond donors (Lipinski definition) is 8. The first-order valence-corrected chi connectivity index (χ1v) is 26.6. The number of aliphatic carboxylic acids is 1. The summed E-state index contributed by atoms with van der Waals surface area (Å²) in [6.45, 7) is 11.0. The number of aromatic nitrogens is 2. The molecule has 69 heavy (non-hydrogen) atoms. The van der Waals surface area contributed by atoms with E-state index in [1.165, 1.54) is 36.5 Å². The van der Waals surface area contributed by atoms with Gasteiger partial charge in [0.05, 0.1) is 23.7 Å². The largest absolute Gasteiger partial charge is 0.508 e. The normalized spacial score (nSPS) is 27.5. The highest BCUT2D eigenvalue weighted by atomic mass is 16.4. The number of allylic oxidation sites excluding steroid dienone is 1. The molecule has 10 heteroatoms. The maximum absolute atomic E-state index is 13.2. The summed E-state index contributed by atoms with van der Waals surface area (Å²) in [5.74, 6) is -0.719. The van der Waals surface area contributed by atoms with Crippen LogP contribution in [0.1, 0.15) is 176 Å². The van der Waals surface area contributed by atoms with Crippen molar-refractivity contribution in [3.8, 4) is 22.8 Å². The number of phenols is 2. The standard InChI is InChI=1S/C59H83N3O7/c1-6-7-8-11-38-14-15-41(54(65)29-38)12-9-10-13-42-18-19-47(50-28-40(27-39-23-25-61-56(60)30-39)35-59(50,69)24-22-53(64)57(42)58(67)68)51-20-21-52(62-51)48-33-46(63)34-55(66)49(48)32-44-17-16-43(37(4)5)31-45(44)26-36(2)3/h14-17,20-21,23,25,30-31,33-34,36-38,40-42,47,50,53-54,57,62-66,69H,6-13,18-19,22,24,26-29,32,35H2,1-5H3,(H2,60,61)(H,67,68). The summed E-state index contributed by atoms with van der Waals surface area (Å²) in [6, 6.07) is 17.7. The van der Waals surface area contributed by atoms with Crippen LogP contribution in [-0.4, -0.2) is 64.4 Å². The number of unbranched alkanes of at least 4 members (excludes halogenated alkanes) is 3. The molecule has 376 valence electrons. The van der Waals surface area contributed by atoms with Crippen LogP contribution in [0.4, 0.5) is 5.82 Å². The summed E-state index contributed by atoms with van der Waals surface area (Å²) < 4.78 is 0. The van der Waals surface area contributed by atoms with E-state index in [1.54, 1.807) is 12.3 Å². The van der Waals surface area contributed by atoms with Crippen LogP contribution in [0.3, 0.4) is 0 Å². The van der Waals surface area contributed by atoms with Gasteiger partial charge in [0.15, 0.2) is 0 Å². The van der Waals surface area contributed by atoms with Gasteiger partial charge in [-0.2, -0.15) is 0 Å². The van der Waals surface area contributed by atoms with Crippen LogP contribution >= 0.6 is 0 Å². The molecule has 2 aromatic carbocycles. The highest BCUT2D eigenvalue weighted by Crippen LogP contribution is 2.53. The first-order valence-electron chi connectivity index (χ1n) is 26.6. The van der Waals surface area contributed by atoms with Crippen LogP contribution in [0.2, 0.25) is 0 Å². The molecular formula is C59H83N3O7. The van der Waals surface area contributed by atoms with Crippen LogP contribution in [0.5, 0.6) is 11.5 Å². The van der Waals surface area contributed by atoms with E-state index < -0.39 is 23.6 Å². The van der Waals surface area contributed by atoms with Gasteiger partial charge in [0.1, 0.15) is 17.3 Å². The Morgan fingerprint density at radius 2 is 1.65 bits per heavy atom. The SMILES string of the molecule is CCCCCC1C=CC(CCCCC2CCC(c3ccc(-c4cc(O)cc(O)c4Cc4ccc(C(C)C)cc4CC(C)C)[nH]3)C3CC(Cc4ccnc(N)c4)CC3(O)CCC(O)C2C(=O)O)C(O)C1. The van der Waals surface area contributed by atoms with Crippen molar-refractivity contribution in [2.24, 2.45) is 41.4 Å². The van der Waals surface area contributed by atoms with Gasteiger partial charge in [-0.1, -0.05) is 97.1 Å². The minimum absolute atomic E-state index is 0.0229. The minimum atomic E-state index is -1.16. The molecule has 2 saturated carbocycles. The van der Waals surface area contributed by atoms with Gasteiger partial charge in [0.2, 0.25) is 0 Å². The van der Waals surface area contributed by atoms with Gasteiger partial charge < -0.3 is 41.4 Å². The molecule has 0 aliphatic heterocycles. The van der Waals surface area contributed by atoms with Crippen molar-refractivity contribution in [2.75, 3.05) is 5.73 Å². The highest BCUT2D eigenvalue weighted by molar-refractivity contribution is 5.72. The number of benzene rings is 2. The predicted octanol–water partition coefficient (Wildman–Crippen LogP) is 12.0. The first-order chi connectivity index (χ1) is 33.0. The number of nitrogen functional groups attached to an aromatic ring is 1. The summed E-state index contributed by atoms with van der Waals surface area (Å²) in [5.41, 5.74) is 12.7. The van der Waals surface area contributed by atoms with Gasteiger partial charge in [-0.15, -0.1) is 0 Å². The molecule has 0 saturated heterocycles. The van der Waals surface area contributed by atoms with Crippen LogP contribution in [0, 0.1) is 41.4 Å². The molecule has 3 aliphatic rings. The molecule has 2 fully saturated rings. The van der Waals surface area contributed by atoms with Gasteiger partial charge in [-0.25, -0.2) is 4.98 Å². The van der Waals surface area contributed by atoms with E-state index in [1.807, 2.05) is 18.2 Å². The topological polar surface area (TPSA) is 193 Å². The van der Waals surface area contributed by atoms with E-state index in [4.69, 9.17) is 5.73 Å². The Balaban J connectivity index is 1.18. The van der Waals surface area contributed by atoms with Crippen molar-refractivity contribution < 1.29 is 35.4 Å². The van der Waals surface area contributed by atoms with Gasteiger partial charge in [-0.05, 0) is 165 Å². The number of carboxylic acids is 1. The summed E-state index contributed by atoms with van der Waals surface area (Å²) >= 11 is 0.